The maximum Gasteiger partial charge on any atom is 0.254 e. The summed E-state index contributed by atoms with van der Waals surface area (Å²) in [5.41, 5.74) is 5.73. The van der Waals surface area contributed by atoms with E-state index in [0.29, 0.717) is 31.2 Å². The summed E-state index contributed by atoms with van der Waals surface area (Å²) in [6, 6.07) is 8.00. The normalized spacial score (nSPS) is 15.8. The molecule has 0 spiro atoms. The van der Waals surface area contributed by atoms with Gasteiger partial charge in [-0.2, -0.15) is 0 Å². The van der Waals surface area contributed by atoms with Crippen molar-refractivity contribution in [1.82, 2.24) is 19.0 Å². The number of rotatable bonds is 6. The van der Waals surface area contributed by atoms with E-state index in [2.05, 4.69) is 11.1 Å². The van der Waals surface area contributed by atoms with Crippen LogP contribution in [0.5, 0.6) is 5.75 Å². The summed E-state index contributed by atoms with van der Waals surface area (Å²) < 4.78 is 8.99. The number of nitrogens with one attached hydrogen (secondary N) is 1. The topological polar surface area (TPSA) is 76.1 Å². The largest absolute Gasteiger partial charge is 0.497 e. The summed E-state index contributed by atoms with van der Waals surface area (Å²) in [6.07, 6.45) is 8.79. The Morgan fingerprint density at radius 2 is 2.03 bits per heavy atom. The highest BCUT2D eigenvalue weighted by atomic mass is 16.5. The average Bonchev–Trinajstić information content (AvgIpc) is 3.58. The van der Waals surface area contributed by atoms with E-state index in [9.17, 15) is 4.79 Å². The van der Waals surface area contributed by atoms with Gasteiger partial charge in [0.1, 0.15) is 5.75 Å². The summed E-state index contributed by atoms with van der Waals surface area (Å²) in [5, 5.41) is 8.23. The number of ether oxygens (including phenoxy) is 1. The quantitative estimate of drug-likeness (QED) is 0.670. The lowest BCUT2D eigenvalue weighted by atomic mass is 9.89. The number of aryl methyl sites for hydroxylation is 1. The van der Waals surface area contributed by atoms with E-state index in [1.54, 1.807) is 17.9 Å². The van der Waals surface area contributed by atoms with E-state index in [1.165, 1.54) is 24.0 Å². The number of carbonyl (C=O) groups excluding carboxylic acids is 1. The van der Waals surface area contributed by atoms with Crippen LogP contribution in [0.25, 0.3) is 0 Å². The Bertz CT molecular complexity index is 1200. The third kappa shape index (κ3) is 3.76. The molecule has 1 amide bonds. The van der Waals surface area contributed by atoms with Gasteiger partial charge in [0.2, 0.25) is 5.62 Å². The van der Waals surface area contributed by atoms with Gasteiger partial charge < -0.3 is 18.8 Å². The second-order valence-electron chi connectivity index (χ2n) is 8.51. The average molecular weight is 418 g/mol. The van der Waals surface area contributed by atoms with Gasteiger partial charge in [-0.05, 0) is 54.0 Å². The van der Waals surface area contributed by atoms with Crippen molar-refractivity contribution >= 4 is 5.91 Å². The molecule has 1 aliphatic heterocycles. The third-order valence-electron chi connectivity index (χ3n) is 6.32. The minimum Gasteiger partial charge on any atom is -0.497 e. The highest BCUT2D eigenvalue weighted by molar-refractivity contribution is 5.97. The zero-order valence-electron chi connectivity index (χ0n) is 18.0. The molecule has 3 heterocycles. The molecule has 7 nitrogen and oxygen atoms in total. The van der Waals surface area contributed by atoms with Crippen molar-refractivity contribution in [1.29, 1.82) is 5.41 Å². The Morgan fingerprint density at radius 1 is 1.19 bits per heavy atom. The van der Waals surface area contributed by atoms with E-state index < -0.39 is 0 Å². The Kier molecular flexibility index (Phi) is 4.88. The van der Waals surface area contributed by atoms with Gasteiger partial charge in [-0.1, -0.05) is 6.07 Å². The van der Waals surface area contributed by atoms with Gasteiger partial charge in [0.15, 0.2) is 0 Å². The van der Waals surface area contributed by atoms with E-state index in [1.807, 2.05) is 47.1 Å². The molecule has 0 radical (unpaired) electrons. The predicted octanol–water partition coefficient (Wildman–Crippen LogP) is 2.83. The smallest absolute Gasteiger partial charge is 0.254 e. The molecule has 3 aromatic rings. The van der Waals surface area contributed by atoms with Gasteiger partial charge in [-0.25, -0.2) is 0 Å². The minimum absolute atomic E-state index is 0.0683. The third-order valence-corrected chi connectivity index (χ3v) is 6.32. The van der Waals surface area contributed by atoms with Crippen LogP contribution in [-0.2, 0) is 26.6 Å². The first-order chi connectivity index (χ1) is 15.0. The standard InChI is InChI=1S/C24H27N5O2/c1-27-9-10-29(24(27)25)14-16-11-21(17-3-4-17)20-6-8-28(23(30)22(20)12-16)15-18-13-19(31-2)5-7-26-18/h5,7,9-13,17,25H,3-4,6,8,14-15H2,1-2H3. The second kappa shape index (κ2) is 7.72. The first-order valence-corrected chi connectivity index (χ1v) is 10.7. The number of hydrogen-bond donors (Lipinski definition) is 1. The van der Waals surface area contributed by atoms with E-state index in [-0.39, 0.29) is 5.91 Å². The van der Waals surface area contributed by atoms with Crippen LogP contribution in [0.4, 0.5) is 0 Å². The lowest BCUT2D eigenvalue weighted by Gasteiger charge is -2.30. The molecule has 2 aromatic heterocycles. The summed E-state index contributed by atoms with van der Waals surface area (Å²) in [6.45, 7) is 1.77. The van der Waals surface area contributed by atoms with Crippen LogP contribution in [0.3, 0.4) is 0 Å². The Balaban J connectivity index is 1.47. The summed E-state index contributed by atoms with van der Waals surface area (Å²) >= 11 is 0. The zero-order valence-corrected chi connectivity index (χ0v) is 18.0. The van der Waals surface area contributed by atoms with Gasteiger partial charge in [0.25, 0.3) is 5.91 Å². The van der Waals surface area contributed by atoms with Gasteiger partial charge in [-0.3, -0.25) is 15.2 Å². The summed E-state index contributed by atoms with van der Waals surface area (Å²) in [5.74, 6) is 1.39. The van der Waals surface area contributed by atoms with E-state index in [4.69, 9.17) is 10.1 Å². The van der Waals surface area contributed by atoms with Crippen LogP contribution >= 0.6 is 0 Å². The fourth-order valence-electron chi connectivity index (χ4n) is 4.46. The number of fused-ring (bicyclic) bond motifs is 1. The first-order valence-electron chi connectivity index (χ1n) is 10.7. The molecule has 2 aliphatic rings. The molecule has 1 aromatic carbocycles. The van der Waals surface area contributed by atoms with E-state index >= 15 is 0 Å². The molecule has 31 heavy (non-hydrogen) atoms. The first kappa shape index (κ1) is 19.6. The maximum atomic E-state index is 13.5. The number of carbonyl (C=O) groups is 1. The molecule has 0 atom stereocenters. The van der Waals surface area contributed by atoms with Crippen molar-refractivity contribution in [2.75, 3.05) is 13.7 Å². The van der Waals surface area contributed by atoms with Crippen molar-refractivity contribution in [2.24, 2.45) is 7.05 Å². The number of hydrogen-bond acceptors (Lipinski definition) is 4. The lowest BCUT2D eigenvalue weighted by molar-refractivity contribution is 0.0724. The van der Waals surface area contributed by atoms with Crippen LogP contribution in [0.1, 0.15) is 51.5 Å². The molecule has 5 rings (SSSR count). The molecule has 1 fully saturated rings. The SMILES string of the molecule is COc1ccnc(CN2CCc3c(cc(Cn4ccn(C)c4=N)cc3C3CC3)C2=O)c1. The molecular formula is C24H27N5O2. The van der Waals surface area contributed by atoms with Gasteiger partial charge in [-0.15, -0.1) is 0 Å². The molecule has 7 heteroatoms. The van der Waals surface area contributed by atoms with Crippen LogP contribution in [-0.4, -0.2) is 38.6 Å². The molecule has 160 valence electrons. The van der Waals surface area contributed by atoms with Crippen LogP contribution in [0, 0.1) is 5.41 Å². The van der Waals surface area contributed by atoms with Gasteiger partial charge in [0, 0.05) is 43.8 Å². The van der Waals surface area contributed by atoms with Gasteiger partial charge >= 0.3 is 0 Å². The number of imidazole rings is 1. The molecule has 0 bridgehead atoms. The van der Waals surface area contributed by atoms with Crippen LogP contribution < -0.4 is 10.4 Å². The summed E-state index contributed by atoms with van der Waals surface area (Å²) in [4.78, 5) is 19.8. The highest BCUT2D eigenvalue weighted by Gasteiger charge is 2.33. The van der Waals surface area contributed by atoms with Crippen molar-refractivity contribution < 1.29 is 9.53 Å². The molecular weight excluding hydrogens is 390 g/mol. The molecule has 1 aliphatic carbocycles. The van der Waals surface area contributed by atoms with Gasteiger partial charge in [0.05, 0.1) is 25.9 Å². The lowest BCUT2D eigenvalue weighted by Crippen LogP contribution is -2.38. The number of pyridine rings is 1. The van der Waals surface area contributed by atoms with Crippen molar-refractivity contribution in [3.05, 3.63) is 76.4 Å². The number of nitrogens with zero attached hydrogens (tertiary/aromatic N) is 4. The Morgan fingerprint density at radius 3 is 2.74 bits per heavy atom. The molecule has 1 N–H and O–H groups in total. The van der Waals surface area contributed by atoms with Crippen molar-refractivity contribution in [3.63, 3.8) is 0 Å². The molecule has 0 saturated heterocycles. The summed E-state index contributed by atoms with van der Waals surface area (Å²) in [7, 11) is 3.50. The number of amides is 1. The monoisotopic (exact) mass is 417 g/mol. The van der Waals surface area contributed by atoms with Crippen LogP contribution in [0.2, 0.25) is 0 Å². The highest BCUT2D eigenvalue weighted by Crippen LogP contribution is 2.44. The van der Waals surface area contributed by atoms with Crippen molar-refractivity contribution in [3.8, 4) is 5.75 Å². The second-order valence-corrected chi connectivity index (χ2v) is 8.51. The number of benzene rings is 1. The number of aromatic nitrogens is 3. The fraction of sp³-hybridized carbons (Fsp3) is 0.375. The van der Waals surface area contributed by atoms with Crippen molar-refractivity contribution in [2.45, 2.75) is 38.3 Å². The van der Waals surface area contributed by atoms with E-state index in [0.717, 1.165) is 29.0 Å². The minimum atomic E-state index is 0.0683. The predicted molar refractivity (Wildman–Crippen MR) is 116 cm³/mol. The molecule has 0 unspecified atom stereocenters. The molecule has 1 saturated carbocycles. The Hall–Kier alpha value is -3.35. The zero-order chi connectivity index (χ0) is 21.5. The maximum absolute atomic E-state index is 13.5. The Labute approximate surface area is 181 Å². The number of methoxy groups -OCH3 is 1. The fourth-order valence-corrected chi connectivity index (χ4v) is 4.46. The van der Waals surface area contributed by atoms with Crippen LogP contribution in [0.15, 0.2) is 42.9 Å².